The average Bonchev–Trinajstić information content (AvgIpc) is 2.96. The van der Waals surface area contributed by atoms with E-state index in [1.54, 1.807) is 0 Å². The second-order valence-corrected chi connectivity index (χ2v) is 7.21. The smallest absolute Gasteiger partial charge is 0.257 e. The van der Waals surface area contributed by atoms with E-state index < -0.39 is 0 Å². The molecule has 3 rings (SSSR count). The van der Waals surface area contributed by atoms with E-state index in [2.05, 4.69) is 29.4 Å². The highest BCUT2D eigenvalue weighted by atomic mass is 32.1. The normalized spacial score (nSPS) is 11.0. The van der Waals surface area contributed by atoms with Crippen LogP contribution in [-0.4, -0.2) is 10.9 Å². The highest BCUT2D eigenvalue weighted by Gasteiger charge is 2.11. The number of benzene rings is 2. The van der Waals surface area contributed by atoms with Gasteiger partial charge in [-0.05, 0) is 67.6 Å². The number of unbranched alkanes of at least 4 members (excludes halogenated alkanes) is 1. The number of hydrogen-bond acceptors (Lipinski definition) is 3. The molecule has 1 amide bonds. The van der Waals surface area contributed by atoms with Gasteiger partial charge in [-0.15, -0.1) is 0 Å². The van der Waals surface area contributed by atoms with Gasteiger partial charge in [0.15, 0.2) is 5.13 Å². The van der Waals surface area contributed by atoms with E-state index in [1.165, 1.54) is 35.3 Å². The number of aromatic nitrogens is 1. The lowest BCUT2D eigenvalue weighted by Crippen LogP contribution is -2.11. The molecule has 4 heteroatoms. The Morgan fingerprint density at radius 2 is 1.96 bits per heavy atom. The Morgan fingerprint density at radius 1 is 1.12 bits per heavy atom. The SMILES string of the molecule is CCCCc1ccc2nc(NC(=O)c3ccc(C)c(C)c3)sc2c1. The molecule has 0 aliphatic rings. The Hall–Kier alpha value is -2.20. The van der Waals surface area contributed by atoms with E-state index in [4.69, 9.17) is 0 Å². The third-order valence-electron chi connectivity index (χ3n) is 4.26. The zero-order valence-electron chi connectivity index (χ0n) is 14.3. The Kier molecular flexibility index (Phi) is 4.95. The number of thiazole rings is 1. The summed E-state index contributed by atoms with van der Waals surface area (Å²) in [7, 11) is 0. The Labute approximate surface area is 146 Å². The van der Waals surface area contributed by atoms with E-state index in [1.807, 2.05) is 38.1 Å². The van der Waals surface area contributed by atoms with Gasteiger partial charge >= 0.3 is 0 Å². The molecule has 0 saturated heterocycles. The highest BCUT2D eigenvalue weighted by molar-refractivity contribution is 7.22. The molecule has 0 aliphatic heterocycles. The largest absolute Gasteiger partial charge is 0.298 e. The summed E-state index contributed by atoms with van der Waals surface area (Å²) in [6.45, 7) is 6.26. The van der Waals surface area contributed by atoms with Crippen molar-refractivity contribution in [2.75, 3.05) is 5.32 Å². The fourth-order valence-electron chi connectivity index (χ4n) is 2.61. The Morgan fingerprint density at radius 3 is 2.71 bits per heavy atom. The maximum absolute atomic E-state index is 12.4. The molecule has 3 aromatic rings. The standard InChI is InChI=1S/C20H22N2OS/c1-4-5-6-15-8-10-17-18(12-15)24-20(21-17)22-19(23)16-9-7-13(2)14(3)11-16/h7-12H,4-6H2,1-3H3,(H,21,22,23). The fraction of sp³-hybridized carbons (Fsp3) is 0.300. The molecule has 0 fully saturated rings. The lowest BCUT2D eigenvalue weighted by molar-refractivity contribution is 0.102. The van der Waals surface area contributed by atoms with Gasteiger partial charge in [0.1, 0.15) is 0 Å². The first-order valence-electron chi connectivity index (χ1n) is 8.35. The molecule has 0 spiro atoms. The van der Waals surface area contributed by atoms with Crippen LogP contribution in [0.5, 0.6) is 0 Å². The number of anilines is 1. The van der Waals surface area contributed by atoms with Gasteiger partial charge < -0.3 is 0 Å². The van der Waals surface area contributed by atoms with Crippen molar-refractivity contribution in [2.24, 2.45) is 0 Å². The third kappa shape index (κ3) is 3.65. The molecule has 124 valence electrons. The molecular formula is C20H22N2OS. The molecule has 0 aliphatic carbocycles. The highest BCUT2D eigenvalue weighted by Crippen LogP contribution is 2.27. The monoisotopic (exact) mass is 338 g/mol. The van der Waals surface area contributed by atoms with Crippen LogP contribution >= 0.6 is 11.3 Å². The Bertz CT molecular complexity index is 882. The summed E-state index contributed by atoms with van der Waals surface area (Å²) in [6.07, 6.45) is 3.48. The summed E-state index contributed by atoms with van der Waals surface area (Å²) in [5.41, 5.74) is 5.25. The molecule has 3 nitrogen and oxygen atoms in total. The molecule has 2 aromatic carbocycles. The maximum atomic E-state index is 12.4. The number of fused-ring (bicyclic) bond motifs is 1. The topological polar surface area (TPSA) is 42.0 Å². The molecule has 0 radical (unpaired) electrons. The number of rotatable bonds is 5. The number of aryl methyl sites for hydroxylation is 3. The summed E-state index contributed by atoms with van der Waals surface area (Å²) in [6, 6.07) is 12.1. The number of nitrogens with zero attached hydrogens (tertiary/aromatic N) is 1. The van der Waals surface area contributed by atoms with Gasteiger partial charge in [-0.3, -0.25) is 10.1 Å². The van der Waals surface area contributed by atoms with Crippen molar-refractivity contribution in [1.82, 2.24) is 4.98 Å². The van der Waals surface area contributed by atoms with E-state index in [0.717, 1.165) is 22.2 Å². The number of carbonyl (C=O) groups is 1. The van der Waals surface area contributed by atoms with Gasteiger partial charge in [-0.2, -0.15) is 0 Å². The Balaban J connectivity index is 1.79. The fourth-order valence-corrected chi connectivity index (χ4v) is 3.54. The van der Waals surface area contributed by atoms with Crippen molar-refractivity contribution >= 4 is 32.6 Å². The molecule has 24 heavy (non-hydrogen) atoms. The zero-order valence-corrected chi connectivity index (χ0v) is 15.2. The van der Waals surface area contributed by atoms with Gasteiger partial charge in [0, 0.05) is 5.56 Å². The summed E-state index contributed by atoms with van der Waals surface area (Å²) in [5.74, 6) is -0.108. The van der Waals surface area contributed by atoms with Crippen LogP contribution in [0.1, 0.15) is 46.8 Å². The first kappa shape index (κ1) is 16.7. The quantitative estimate of drug-likeness (QED) is 0.666. The van der Waals surface area contributed by atoms with Crippen LogP contribution in [0.4, 0.5) is 5.13 Å². The minimum absolute atomic E-state index is 0.108. The van der Waals surface area contributed by atoms with E-state index >= 15 is 0 Å². The van der Waals surface area contributed by atoms with Gasteiger partial charge in [-0.1, -0.05) is 36.8 Å². The third-order valence-corrected chi connectivity index (χ3v) is 5.20. The molecule has 0 bridgehead atoms. The summed E-state index contributed by atoms with van der Waals surface area (Å²) >= 11 is 1.53. The van der Waals surface area contributed by atoms with Crippen molar-refractivity contribution in [1.29, 1.82) is 0 Å². The first-order valence-corrected chi connectivity index (χ1v) is 9.16. The predicted molar refractivity (Wildman–Crippen MR) is 102 cm³/mol. The predicted octanol–water partition coefficient (Wildman–Crippen LogP) is 5.51. The zero-order chi connectivity index (χ0) is 17.1. The van der Waals surface area contributed by atoms with Crippen molar-refractivity contribution in [3.8, 4) is 0 Å². The number of carbonyl (C=O) groups excluding carboxylic acids is 1. The van der Waals surface area contributed by atoms with E-state index in [9.17, 15) is 4.79 Å². The number of amides is 1. The van der Waals surface area contributed by atoms with Gasteiger partial charge in [0.2, 0.25) is 0 Å². The second kappa shape index (κ2) is 7.14. The van der Waals surface area contributed by atoms with E-state index in [-0.39, 0.29) is 5.91 Å². The van der Waals surface area contributed by atoms with Crippen LogP contribution in [0.3, 0.4) is 0 Å². The van der Waals surface area contributed by atoms with Crippen LogP contribution in [-0.2, 0) is 6.42 Å². The van der Waals surface area contributed by atoms with Crippen molar-refractivity contribution in [3.63, 3.8) is 0 Å². The summed E-state index contributed by atoms with van der Waals surface area (Å²) in [4.78, 5) is 16.9. The average molecular weight is 338 g/mol. The van der Waals surface area contributed by atoms with Crippen molar-refractivity contribution in [2.45, 2.75) is 40.0 Å². The van der Waals surface area contributed by atoms with Crippen LogP contribution < -0.4 is 5.32 Å². The lowest BCUT2D eigenvalue weighted by atomic mass is 10.1. The molecular weight excluding hydrogens is 316 g/mol. The van der Waals surface area contributed by atoms with Gasteiger partial charge in [-0.25, -0.2) is 4.98 Å². The number of nitrogens with one attached hydrogen (secondary N) is 1. The molecule has 0 saturated carbocycles. The van der Waals surface area contributed by atoms with Crippen molar-refractivity contribution in [3.05, 3.63) is 58.7 Å². The summed E-state index contributed by atoms with van der Waals surface area (Å²) in [5, 5.41) is 3.58. The van der Waals surface area contributed by atoms with Crippen LogP contribution in [0.25, 0.3) is 10.2 Å². The van der Waals surface area contributed by atoms with Crippen LogP contribution in [0, 0.1) is 13.8 Å². The molecule has 1 aromatic heterocycles. The maximum Gasteiger partial charge on any atom is 0.257 e. The molecule has 0 unspecified atom stereocenters. The second-order valence-electron chi connectivity index (χ2n) is 6.18. The van der Waals surface area contributed by atoms with Crippen LogP contribution in [0.15, 0.2) is 36.4 Å². The molecule has 0 atom stereocenters. The minimum Gasteiger partial charge on any atom is -0.298 e. The van der Waals surface area contributed by atoms with Gasteiger partial charge in [0.05, 0.1) is 10.2 Å². The molecule has 1 N–H and O–H groups in total. The molecule has 1 heterocycles. The minimum atomic E-state index is -0.108. The van der Waals surface area contributed by atoms with E-state index in [0.29, 0.717) is 10.7 Å². The van der Waals surface area contributed by atoms with Crippen LogP contribution in [0.2, 0.25) is 0 Å². The lowest BCUT2D eigenvalue weighted by Gasteiger charge is -2.04. The van der Waals surface area contributed by atoms with Gasteiger partial charge in [0.25, 0.3) is 5.91 Å². The first-order chi connectivity index (χ1) is 11.6. The summed E-state index contributed by atoms with van der Waals surface area (Å²) < 4.78 is 1.12. The number of hydrogen-bond donors (Lipinski definition) is 1. The van der Waals surface area contributed by atoms with Crippen molar-refractivity contribution < 1.29 is 4.79 Å².